The van der Waals surface area contributed by atoms with E-state index in [4.69, 9.17) is 16.3 Å². The third kappa shape index (κ3) is 6.15. The molecule has 27 heavy (non-hydrogen) atoms. The number of nitrogens with zero attached hydrogens (tertiary/aromatic N) is 1. The number of anilines is 1. The lowest BCUT2D eigenvalue weighted by atomic mass is 10.2. The van der Waals surface area contributed by atoms with E-state index in [0.717, 1.165) is 10.6 Å². The van der Waals surface area contributed by atoms with Crippen molar-refractivity contribution in [3.63, 3.8) is 0 Å². The van der Waals surface area contributed by atoms with Crippen LogP contribution in [0.3, 0.4) is 0 Å². The highest BCUT2D eigenvalue weighted by Gasteiger charge is 2.31. The molecule has 6 nitrogen and oxygen atoms in total. The molecule has 0 unspecified atom stereocenters. The molecule has 1 amide bonds. The van der Waals surface area contributed by atoms with Crippen molar-refractivity contribution in [2.24, 2.45) is 0 Å². The fourth-order valence-electron chi connectivity index (χ4n) is 2.65. The normalized spacial score (nSPS) is 12.3. The molecule has 0 saturated heterocycles. The fraction of sp³-hybridized carbons (Fsp3) is 0.316. The molecule has 8 heteroatoms. The first-order valence-electron chi connectivity index (χ1n) is 8.53. The smallest absolute Gasteiger partial charge is 0.244 e. The number of rotatable bonds is 9. The average molecular weight is 411 g/mol. The quantitative estimate of drug-likeness (QED) is 0.644. The Bertz CT molecular complexity index is 859. The molecule has 0 aliphatic rings. The van der Waals surface area contributed by atoms with Crippen molar-refractivity contribution in [3.05, 3.63) is 59.6 Å². The van der Waals surface area contributed by atoms with Gasteiger partial charge in [0, 0.05) is 5.02 Å². The van der Waals surface area contributed by atoms with Crippen LogP contribution in [-0.2, 0) is 14.8 Å². The summed E-state index contributed by atoms with van der Waals surface area (Å²) >= 11 is 5.99. The van der Waals surface area contributed by atoms with E-state index < -0.39 is 16.1 Å². The van der Waals surface area contributed by atoms with Crippen LogP contribution in [0.25, 0.3) is 0 Å². The van der Waals surface area contributed by atoms with Crippen LogP contribution in [0.5, 0.6) is 5.75 Å². The van der Waals surface area contributed by atoms with Crippen molar-refractivity contribution < 1.29 is 17.9 Å². The van der Waals surface area contributed by atoms with Gasteiger partial charge < -0.3 is 10.1 Å². The van der Waals surface area contributed by atoms with Gasteiger partial charge in [0.05, 0.1) is 18.5 Å². The molecule has 2 aromatic carbocycles. The van der Waals surface area contributed by atoms with Gasteiger partial charge in [0.1, 0.15) is 18.4 Å². The average Bonchev–Trinajstić information content (AvgIpc) is 2.62. The molecule has 0 saturated carbocycles. The highest BCUT2D eigenvalue weighted by atomic mass is 35.5. The monoisotopic (exact) mass is 410 g/mol. The Morgan fingerprint density at radius 3 is 2.48 bits per heavy atom. The Kier molecular flexibility index (Phi) is 7.50. The summed E-state index contributed by atoms with van der Waals surface area (Å²) in [7, 11) is -3.68. The summed E-state index contributed by atoms with van der Waals surface area (Å²) < 4.78 is 31.3. The molecule has 1 N–H and O–H groups in total. The molecule has 0 heterocycles. The van der Waals surface area contributed by atoms with E-state index in [9.17, 15) is 13.2 Å². The Morgan fingerprint density at radius 2 is 1.89 bits per heavy atom. The van der Waals surface area contributed by atoms with Crippen molar-refractivity contribution in [2.75, 3.05) is 23.7 Å². The number of nitrogens with one attached hydrogen (secondary N) is 1. The number of hydrogen-bond acceptors (Lipinski definition) is 4. The fourth-order valence-corrected chi connectivity index (χ4v) is 4.04. The lowest BCUT2D eigenvalue weighted by molar-refractivity contribution is -0.122. The molecule has 0 aromatic heterocycles. The molecule has 0 radical (unpaired) electrons. The predicted octanol–water partition coefficient (Wildman–Crippen LogP) is 3.08. The second-order valence-corrected chi connectivity index (χ2v) is 8.21. The van der Waals surface area contributed by atoms with Gasteiger partial charge in [-0.15, -0.1) is 0 Å². The van der Waals surface area contributed by atoms with Crippen molar-refractivity contribution in [1.82, 2.24) is 5.32 Å². The summed E-state index contributed by atoms with van der Waals surface area (Å²) in [5.41, 5.74) is 0.354. The van der Waals surface area contributed by atoms with Crippen LogP contribution in [0, 0.1) is 0 Å². The number of carbonyl (C=O) groups is 1. The minimum Gasteiger partial charge on any atom is -0.492 e. The van der Waals surface area contributed by atoms with Crippen molar-refractivity contribution >= 4 is 33.2 Å². The van der Waals surface area contributed by atoms with Gasteiger partial charge >= 0.3 is 0 Å². The maximum atomic E-state index is 12.6. The summed E-state index contributed by atoms with van der Waals surface area (Å²) in [6.45, 7) is 2.30. The lowest BCUT2D eigenvalue weighted by Crippen LogP contribution is -2.50. The predicted molar refractivity (Wildman–Crippen MR) is 108 cm³/mol. The van der Waals surface area contributed by atoms with Crippen LogP contribution < -0.4 is 14.4 Å². The van der Waals surface area contributed by atoms with E-state index in [2.05, 4.69) is 5.32 Å². The van der Waals surface area contributed by atoms with E-state index in [1.165, 1.54) is 6.07 Å². The second kappa shape index (κ2) is 9.62. The van der Waals surface area contributed by atoms with E-state index in [1.807, 2.05) is 30.3 Å². The van der Waals surface area contributed by atoms with Gasteiger partial charge in [0.25, 0.3) is 0 Å². The van der Waals surface area contributed by atoms with Crippen LogP contribution in [-0.4, -0.2) is 39.8 Å². The molecule has 0 aliphatic heterocycles. The molecular formula is C19H23ClN2O4S. The molecule has 146 valence electrons. The first-order valence-corrected chi connectivity index (χ1v) is 10.8. The van der Waals surface area contributed by atoms with Crippen LogP contribution >= 0.6 is 11.6 Å². The number of carbonyl (C=O) groups excluding carboxylic acids is 1. The zero-order valence-electron chi connectivity index (χ0n) is 15.3. The number of sulfonamides is 1. The minimum absolute atomic E-state index is 0.261. The largest absolute Gasteiger partial charge is 0.492 e. The Hall–Kier alpha value is -2.25. The molecule has 0 bridgehead atoms. The molecule has 0 fully saturated rings. The molecule has 0 aliphatic carbocycles. The lowest BCUT2D eigenvalue weighted by Gasteiger charge is -2.30. The van der Waals surface area contributed by atoms with Gasteiger partial charge in [-0.1, -0.05) is 42.8 Å². The summed E-state index contributed by atoms with van der Waals surface area (Å²) in [4.78, 5) is 12.6. The van der Waals surface area contributed by atoms with Gasteiger partial charge in [-0.05, 0) is 36.8 Å². The van der Waals surface area contributed by atoms with Crippen LogP contribution in [0.4, 0.5) is 5.69 Å². The van der Waals surface area contributed by atoms with Gasteiger partial charge in [-0.3, -0.25) is 9.10 Å². The van der Waals surface area contributed by atoms with Gasteiger partial charge in [-0.25, -0.2) is 8.42 Å². The molecule has 0 spiro atoms. The number of para-hydroxylation sites is 1. The van der Waals surface area contributed by atoms with E-state index in [0.29, 0.717) is 22.9 Å². The number of benzene rings is 2. The van der Waals surface area contributed by atoms with Crippen LogP contribution in [0.2, 0.25) is 5.02 Å². The zero-order chi connectivity index (χ0) is 19.9. The van der Waals surface area contributed by atoms with E-state index >= 15 is 0 Å². The van der Waals surface area contributed by atoms with E-state index in [-0.39, 0.29) is 19.1 Å². The van der Waals surface area contributed by atoms with Crippen LogP contribution in [0.15, 0.2) is 54.6 Å². The second-order valence-electron chi connectivity index (χ2n) is 5.92. The summed E-state index contributed by atoms with van der Waals surface area (Å²) in [5, 5.41) is 3.13. The number of ether oxygens (including phenoxy) is 1. The SMILES string of the molecule is CC[C@@H](C(=O)NCCOc1ccccc1)N(c1cccc(Cl)c1)S(C)(=O)=O. The third-order valence-corrected chi connectivity index (χ3v) is 5.22. The minimum atomic E-state index is -3.68. The Balaban J connectivity index is 2.06. The maximum Gasteiger partial charge on any atom is 0.244 e. The van der Waals surface area contributed by atoms with Gasteiger partial charge in [0.2, 0.25) is 15.9 Å². The summed E-state index contributed by atoms with van der Waals surface area (Å²) in [6, 6.07) is 14.8. The summed E-state index contributed by atoms with van der Waals surface area (Å²) in [6.07, 6.45) is 1.38. The first-order chi connectivity index (χ1) is 12.8. The van der Waals surface area contributed by atoms with Crippen molar-refractivity contribution in [3.8, 4) is 5.75 Å². The van der Waals surface area contributed by atoms with Crippen molar-refractivity contribution in [2.45, 2.75) is 19.4 Å². The Morgan fingerprint density at radius 1 is 1.19 bits per heavy atom. The first kappa shape index (κ1) is 21.1. The van der Waals surface area contributed by atoms with Crippen molar-refractivity contribution in [1.29, 1.82) is 0 Å². The molecule has 2 aromatic rings. The Labute approximate surface area is 165 Å². The topological polar surface area (TPSA) is 75.7 Å². The standard InChI is InChI=1S/C19H23ClN2O4S/c1-3-18(19(23)21-12-13-26-17-10-5-4-6-11-17)22(27(2,24)25)16-9-7-8-15(20)14-16/h4-11,14,18H,3,12-13H2,1-2H3,(H,21,23)/t18-/m0/s1. The molecular weight excluding hydrogens is 388 g/mol. The summed E-state index contributed by atoms with van der Waals surface area (Å²) in [5.74, 6) is 0.315. The number of amides is 1. The number of halogens is 1. The van der Waals surface area contributed by atoms with E-state index in [1.54, 1.807) is 25.1 Å². The zero-order valence-corrected chi connectivity index (χ0v) is 16.8. The molecule has 2 rings (SSSR count). The maximum absolute atomic E-state index is 12.6. The highest BCUT2D eigenvalue weighted by molar-refractivity contribution is 7.92. The molecule has 1 atom stereocenters. The third-order valence-electron chi connectivity index (χ3n) is 3.81. The highest BCUT2D eigenvalue weighted by Crippen LogP contribution is 2.25. The number of hydrogen-bond donors (Lipinski definition) is 1. The van der Waals surface area contributed by atoms with Crippen LogP contribution in [0.1, 0.15) is 13.3 Å². The van der Waals surface area contributed by atoms with Gasteiger partial charge in [-0.2, -0.15) is 0 Å². The van der Waals surface area contributed by atoms with Gasteiger partial charge in [0.15, 0.2) is 0 Å².